The second kappa shape index (κ2) is 7.09. The van der Waals surface area contributed by atoms with Gasteiger partial charge in [0, 0.05) is 17.0 Å². The van der Waals surface area contributed by atoms with Gasteiger partial charge in [0.15, 0.2) is 0 Å². The zero-order chi connectivity index (χ0) is 19.0. The van der Waals surface area contributed by atoms with Gasteiger partial charge >= 0.3 is 0 Å². The molecular formula is C19H15ClN4O2S. The molecule has 1 aromatic heterocycles. The van der Waals surface area contributed by atoms with E-state index in [2.05, 4.69) is 15.6 Å². The molecule has 0 bridgehead atoms. The summed E-state index contributed by atoms with van der Waals surface area (Å²) >= 11 is 11.4. The highest BCUT2D eigenvalue weighted by Crippen LogP contribution is 2.28. The van der Waals surface area contributed by atoms with Crippen LogP contribution in [0.5, 0.6) is 0 Å². The molecule has 0 fully saturated rings. The fourth-order valence-corrected chi connectivity index (χ4v) is 3.58. The van der Waals surface area contributed by atoms with Crippen LogP contribution in [0.1, 0.15) is 16.8 Å². The van der Waals surface area contributed by atoms with Gasteiger partial charge in [0.25, 0.3) is 5.91 Å². The number of fused-ring (bicyclic) bond motifs is 3. The number of hydrogen-bond donors (Lipinski definition) is 2. The first-order chi connectivity index (χ1) is 13.0. The van der Waals surface area contributed by atoms with Gasteiger partial charge in [0.1, 0.15) is 11.9 Å². The first kappa shape index (κ1) is 17.6. The Kier molecular flexibility index (Phi) is 4.63. The molecule has 0 saturated heterocycles. The number of amides is 1. The first-order valence-corrected chi connectivity index (χ1v) is 9.16. The summed E-state index contributed by atoms with van der Waals surface area (Å²) < 4.78 is 1.55. The molecule has 6 nitrogen and oxygen atoms in total. The Hall–Kier alpha value is -2.77. The van der Waals surface area contributed by atoms with E-state index in [1.54, 1.807) is 6.07 Å². The van der Waals surface area contributed by atoms with E-state index in [-0.39, 0.29) is 23.0 Å². The Morgan fingerprint density at radius 1 is 1.22 bits per heavy atom. The summed E-state index contributed by atoms with van der Waals surface area (Å²) in [6.07, 6.45) is -0.00589. The zero-order valence-corrected chi connectivity index (χ0v) is 15.7. The lowest BCUT2D eigenvalue weighted by molar-refractivity contribution is -0.121. The summed E-state index contributed by atoms with van der Waals surface area (Å²) in [6.45, 7) is 0.302. The summed E-state index contributed by atoms with van der Waals surface area (Å²) in [4.78, 5) is 29.3. The number of nitrogens with one attached hydrogen (secondary N) is 2. The first-order valence-electron chi connectivity index (χ1n) is 8.37. The van der Waals surface area contributed by atoms with E-state index in [9.17, 15) is 9.59 Å². The molecule has 0 spiro atoms. The van der Waals surface area contributed by atoms with Crippen molar-refractivity contribution < 1.29 is 9.59 Å². The van der Waals surface area contributed by atoms with E-state index in [0.717, 1.165) is 10.9 Å². The lowest BCUT2D eigenvalue weighted by atomic mass is 10.2. The SMILES string of the molecule is O=C(CC1Nc2c3ccccc3nc(=S)n2C1=O)NCc1ccccc1Cl. The molecule has 0 aliphatic carbocycles. The van der Waals surface area contributed by atoms with E-state index >= 15 is 0 Å². The van der Waals surface area contributed by atoms with Gasteiger partial charge in [-0.25, -0.2) is 9.55 Å². The number of halogens is 1. The van der Waals surface area contributed by atoms with Crippen molar-refractivity contribution in [3.8, 4) is 0 Å². The molecule has 8 heteroatoms. The molecule has 0 radical (unpaired) electrons. The van der Waals surface area contributed by atoms with Gasteiger partial charge in [-0.3, -0.25) is 9.59 Å². The largest absolute Gasteiger partial charge is 0.358 e. The van der Waals surface area contributed by atoms with Crippen LogP contribution in [0.25, 0.3) is 10.9 Å². The molecular weight excluding hydrogens is 384 g/mol. The molecule has 1 atom stereocenters. The van der Waals surface area contributed by atoms with Crippen LogP contribution in [0.4, 0.5) is 5.82 Å². The normalized spacial score (nSPS) is 15.4. The van der Waals surface area contributed by atoms with E-state index in [4.69, 9.17) is 23.8 Å². The van der Waals surface area contributed by atoms with Gasteiger partial charge in [-0.2, -0.15) is 0 Å². The highest BCUT2D eigenvalue weighted by molar-refractivity contribution is 7.71. The van der Waals surface area contributed by atoms with E-state index in [1.165, 1.54) is 4.57 Å². The monoisotopic (exact) mass is 398 g/mol. The van der Waals surface area contributed by atoms with Gasteiger partial charge in [-0.15, -0.1) is 0 Å². The molecule has 2 heterocycles. The molecule has 1 amide bonds. The summed E-state index contributed by atoms with van der Waals surface area (Å²) in [5.74, 6) is 0.0537. The number of anilines is 1. The number of rotatable bonds is 4. The zero-order valence-electron chi connectivity index (χ0n) is 14.1. The number of hydrogen-bond acceptors (Lipinski definition) is 5. The van der Waals surface area contributed by atoms with Crippen LogP contribution in [0.3, 0.4) is 0 Å². The third kappa shape index (κ3) is 3.31. The molecule has 136 valence electrons. The minimum atomic E-state index is -0.689. The topological polar surface area (TPSA) is 76.0 Å². The highest BCUT2D eigenvalue weighted by Gasteiger charge is 2.33. The lowest BCUT2D eigenvalue weighted by Gasteiger charge is -2.10. The minimum Gasteiger partial charge on any atom is -0.358 e. The fraction of sp³-hybridized carbons (Fsp3) is 0.158. The molecule has 1 aliphatic rings. The standard InChI is InChI=1S/C19H15ClN4O2S/c20-13-7-3-1-5-11(13)10-21-16(25)9-15-18(26)24-17(22-15)12-6-2-4-8-14(12)23-19(24)27/h1-8,15,22H,9-10H2,(H,21,25). The molecule has 2 N–H and O–H groups in total. The van der Waals surface area contributed by atoms with Crippen LogP contribution in [0.15, 0.2) is 48.5 Å². The Morgan fingerprint density at radius 2 is 1.96 bits per heavy atom. The minimum absolute atomic E-state index is 0.00589. The van der Waals surface area contributed by atoms with Crippen LogP contribution in [0, 0.1) is 4.77 Å². The van der Waals surface area contributed by atoms with Crippen molar-refractivity contribution >= 4 is 52.4 Å². The third-order valence-corrected chi connectivity index (χ3v) is 5.09. The smallest absolute Gasteiger partial charge is 0.257 e. The molecule has 3 aromatic rings. The molecule has 2 aromatic carbocycles. The maximum Gasteiger partial charge on any atom is 0.257 e. The van der Waals surface area contributed by atoms with Crippen LogP contribution in [0.2, 0.25) is 5.02 Å². The van der Waals surface area contributed by atoms with Gasteiger partial charge in [-0.1, -0.05) is 41.9 Å². The van der Waals surface area contributed by atoms with Gasteiger partial charge in [-0.05, 0) is 36.0 Å². The van der Waals surface area contributed by atoms with Gasteiger partial charge in [0.05, 0.1) is 11.9 Å². The molecule has 4 rings (SSSR count). The predicted octanol–water partition coefficient (Wildman–Crippen LogP) is 3.56. The van der Waals surface area contributed by atoms with Crippen molar-refractivity contribution in [2.75, 3.05) is 5.32 Å². The number of carbonyl (C=O) groups excluding carboxylic acids is 2. The van der Waals surface area contributed by atoms with Crippen molar-refractivity contribution in [1.82, 2.24) is 14.9 Å². The number of para-hydroxylation sites is 1. The van der Waals surface area contributed by atoms with Crippen LogP contribution in [-0.4, -0.2) is 27.4 Å². The van der Waals surface area contributed by atoms with Crippen molar-refractivity contribution in [3.05, 3.63) is 63.9 Å². The number of benzene rings is 2. The second-order valence-corrected chi connectivity index (χ2v) is 6.98. The average Bonchev–Trinajstić information content (AvgIpc) is 2.98. The Balaban J connectivity index is 1.51. The van der Waals surface area contributed by atoms with Crippen LogP contribution < -0.4 is 10.6 Å². The van der Waals surface area contributed by atoms with Crippen LogP contribution in [-0.2, 0) is 11.3 Å². The van der Waals surface area contributed by atoms with Gasteiger partial charge < -0.3 is 10.6 Å². The predicted molar refractivity (Wildman–Crippen MR) is 107 cm³/mol. The fourth-order valence-electron chi connectivity index (χ4n) is 3.10. The maximum absolute atomic E-state index is 12.7. The molecule has 1 unspecified atom stereocenters. The third-order valence-electron chi connectivity index (χ3n) is 4.44. The Labute approximate surface area is 165 Å². The highest BCUT2D eigenvalue weighted by atomic mass is 35.5. The maximum atomic E-state index is 12.7. The van der Waals surface area contributed by atoms with Crippen molar-refractivity contribution in [2.45, 2.75) is 19.0 Å². The Bertz CT molecular complexity index is 1130. The Morgan fingerprint density at radius 3 is 2.78 bits per heavy atom. The quantitative estimate of drug-likeness (QED) is 0.657. The van der Waals surface area contributed by atoms with Crippen molar-refractivity contribution in [2.24, 2.45) is 0 Å². The molecule has 27 heavy (non-hydrogen) atoms. The van der Waals surface area contributed by atoms with Gasteiger partial charge in [0.2, 0.25) is 10.7 Å². The molecule has 1 aliphatic heterocycles. The van der Waals surface area contributed by atoms with Crippen LogP contribution >= 0.6 is 23.8 Å². The lowest BCUT2D eigenvalue weighted by Crippen LogP contribution is -2.33. The summed E-state index contributed by atoms with van der Waals surface area (Å²) in [5.41, 5.74) is 1.52. The van der Waals surface area contributed by atoms with E-state index < -0.39 is 6.04 Å². The van der Waals surface area contributed by atoms with E-state index in [0.29, 0.717) is 22.9 Å². The van der Waals surface area contributed by atoms with Crippen molar-refractivity contribution in [1.29, 1.82) is 0 Å². The number of carbonyl (C=O) groups is 2. The average molecular weight is 399 g/mol. The molecule has 0 saturated carbocycles. The second-order valence-electron chi connectivity index (χ2n) is 6.20. The number of aromatic nitrogens is 2. The van der Waals surface area contributed by atoms with E-state index in [1.807, 2.05) is 42.5 Å². The number of nitrogens with zero attached hydrogens (tertiary/aromatic N) is 2. The summed E-state index contributed by atoms with van der Waals surface area (Å²) in [6, 6.07) is 14.0. The summed E-state index contributed by atoms with van der Waals surface area (Å²) in [7, 11) is 0. The van der Waals surface area contributed by atoms with Crippen molar-refractivity contribution in [3.63, 3.8) is 0 Å². The summed E-state index contributed by atoms with van der Waals surface area (Å²) in [5, 5.41) is 7.31.